The van der Waals surface area contributed by atoms with E-state index in [1.54, 1.807) is 24.3 Å². The lowest BCUT2D eigenvalue weighted by Gasteiger charge is -2.20. The predicted molar refractivity (Wildman–Crippen MR) is 90.5 cm³/mol. The van der Waals surface area contributed by atoms with Gasteiger partial charge in [-0.3, -0.25) is 14.6 Å². The Morgan fingerprint density at radius 3 is 2.91 bits per heavy atom. The minimum atomic E-state index is -0.0370. The molecule has 3 rings (SSSR count). The minimum absolute atomic E-state index is 0.0370. The number of thiophene rings is 1. The van der Waals surface area contributed by atoms with Crippen molar-refractivity contribution < 1.29 is 9.32 Å². The first kappa shape index (κ1) is 16.2. The third kappa shape index (κ3) is 4.89. The summed E-state index contributed by atoms with van der Waals surface area (Å²) in [5.41, 5.74) is 0. The summed E-state index contributed by atoms with van der Waals surface area (Å²) in [5.74, 6) is 1.14. The quantitative estimate of drug-likeness (QED) is 0.908. The fourth-order valence-corrected chi connectivity index (χ4v) is 3.52. The molecule has 1 N–H and O–H groups in total. The van der Waals surface area contributed by atoms with Gasteiger partial charge in [0.2, 0.25) is 5.91 Å². The summed E-state index contributed by atoms with van der Waals surface area (Å²) in [7, 11) is 0. The Labute approximate surface area is 140 Å². The molecule has 0 aliphatic carbocycles. The molecule has 1 aliphatic heterocycles. The van der Waals surface area contributed by atoms with Gasteiger partial charge in [-0.05, 0) is 37.9 Å². The van der Waals surface area contributed by atoms with Crippen LogP contribution < -0.4 is 5.32 Å². The molecule has 1 aliphatic rings. The number of nitrogens with one attached hydrogen (secondary N) is 1. The zero-order valence-electron chi connectivity index (χ0n) is 13.3. The largest absolute Gasteiger partial charge is 0.360 e. The van der Waals surface area contributed by atoms with Crippen LogP contribution in [0.1, 0.15) is 17.1 Å². The fraction of sp³-hybridized carbons (Fsp3) is 0.500. The number of rotatable bonds is 5. The van der Waals surface area contributed by atoms with Gasteiger partial charge >= 0.3 is 0 Å². The third-order valence-corrected chi connectivity index (χ3v) is 4.76. The summed E-state index contributed by atoms with van der Waals surface area (Å²) < 4.78 is 4.96. The van der Waals surface area contributed by atoms with E-state index < -0.39 is 0 Å². The van der Waals surface area contributed by atoms with Crippen molar-refractivity contribution in [1.29, 1.82) is 0 Å². The second-order valence-corrected chi connectivity index (χ2v) is 6.89. The molecule has 1 saturated heterocycles. The van der Waals surface area contributed by atoms with Crippen molar-refractivity contribution in [2.45, 2.75) is 19.9 Å². The highest BCUT2D eigenvalue weighted by Gasteiger charge is 2.18. The van der Waals surface area contributed by atoms with Crippen LogP contribution >= 0.6 is 11.3 Å². The average molecular weight is 334 g/mol. The molecule has 124 valence electrons. The topological polar surface area (TPSA) is 61.6 Å². The first-order valence-electron chi connectivity index (χ1n) is 7.89. The number of anilines is 1. The molecule has 6 nitrogen and oxygen atoms in total. The van der Waals surface area contributed by atoms with Crippen molar-refractivity contribution in [3.63, 3.8) is 0 Å². The van der Waals surface area contributed by atoms with Crippen molar-refractivity contribution in [2.24, 2.45) is 0 Å². The first-order valence-corrected chi connectivity index (χ1v) is 8.77. The van der Waals surface area contributed by atoms with E-state index >= 15 is 0 Å². The maximum Gasteiger partial charge on any atom is 0.239 e. The van der Waals surface area contributed by atoms with Crippen LogP contribution in [-0.4, -0.2) is 53.6 Å². The maximum absolute atomic E-state index is 12.1. The van der Waals surface area contributed by atoms with E-state index in [1.165, 1.54) is 4.88 Å². The van der Waals surface area contributed by atoms with Gasteiger partial charge in [-0.25, -0.2) is 0 Å². The van der Waals surface area contributed by atoms with E-state index in [4.69, 9.17) is 4.52 Å². The summed E-state index contributed by atoms with van der Waals surface area (Å²) in [6.07, 6.45) is 1.09. The normalized spacial score (nSPS) is 17.1. The van der Waals surface area contributed by atoms with Gasteiger partial charge in [0.25, 0.3) is 0 Å². The zero-order chi connectivity index (χ0) is 16.1. The number of hydrogen-bond donors (Lipinski definition) is 1. The van der Waals surface area contributed by atoms with Crippen LogP contribution in [0.25, 0.3) is 0 Å². The number of carbonyl (C=O) groups is 1. The minimum Gasteiger partial charge on any atom is -0.360 e. The number of amides is 1. The number of carbonyl (C=O) groups excluding carboxylic acids is 1. The average Bonchev–Trinajstić information content (AvgIpc) is 3.10. The first-order chi connectivity index (χ1) is 11.2. The van der Waals surface area contributed by atoms with Crippen LogP contribution in [0.5, 0.6) is 0 Å². The Morgan fingerprint density at radius 1 is 1.35 bits per heavy atom. The summed E-state index contributed by atoms with van der Waals surface area (Å²) in [4.78, 5) is 18.2. The maximum atomic E-state index is 12.1. The molecule has 2 aromatic rings. The number of aromatic nitrogens is 1. The van der Waals surface area contributed by atoms with E-state index in [0.717, 1.165) is 39.1 Å². The van der Waals surface area contributed by atoms with Crippen LogP contribution in [0.2, 0.25) is 0 Å². The Hall–Kier alpha value is -1.70. The molecular weight excluding hydrogens is 312 g/mol. The molecule has 23 heavy (non-hydrogen) atoms. The number of hydrogen-bond acceptors (Lipinski definition) is 6. The molecule has 0 radical (unpaired) electrons. The van der Waals surface area contributed by atoms with Gasteiger partial charge in [0.1, 0.15) is 5.76 Å². The summed E-state index contributed by atoms with van der Waals surface area (Å²) in [6.45, 7) is 7.16. The molecule has 2 aromatic heterocycles. The van der Waals surface area contributed by atoms with Gasteiger partial charge in [0.05, 0.1) is 6.54 Å². The summed E-state index contributed by atoms with van der Waals surface area (Å²) >= 11 is 1.80. The molecule has 0 atom stereocenters. The summed E-state index contributed by atoms with van der Waals surface area (Å²) in [6, 6.07) is 6.00. The molecular formula is C16H22N4O2S. The van der Waals surface area contributed by atoms with Gasteiger partial charge < -0.3 is 9.84 Å². The van der Waals surface area contributed by atoms with E-state index in [-0.39, 0.29) is 5.91 Å². The highest BCUT2D eigenvalue weighted by Crippen LogP contribution is 2.14. The lowest BCUT2D eigenvalue weighted by Crippen LogP contribution is -2.36. The van der Waals surface area contributed by atoms with Gasteiger partial charge in [-0.2, -0.15) is 0 Å². The van der Waals surface area contributed by atoms with Crippen LogP contribution in [0.3, 0.4) is 0 Å². The lowest BCUT2D eigenvalue weighted by atomic mass is 10.3. The van der Waals surface area contributed by atoms with Crippen LogP contribution in [0.4, 0.5) is 5.82 Å². The summed E-state index contributed by atoms with van der Waals surface area (Å²) in [5, 5.41) is 8.69. The SMILES string of the molecule is Cc1cc(NC(=O)CN2CCCN(Cc3cccs3)CC2)no1. The van der Waals surface area contributed by atoms with E-state index in [1.807, 2.05) is 0 Å². The number of nitrogens with zero attached hydrogens (tertiary/aromatic N) is 3. The predicted octanol–water partition coefficient (Wildman–Crippen LogP) is 2.19. The van der Waals surface area contributed by atoms with E-state index in [9.17, 15) is 4.79 Å². The molecule has 7 heteroatoms. The molecule has 1 amide bonds. The van der Waals surface area contributed by atoms with Gasteiger partial charge in [-0.1, -0.05) is 11.2 Å². The molecule has 3 heterocycles. The lowest BCUT2D eigenvalue weighted by molar-refractivity contribution is -0.117. The highest BCUT2D eigenvalue weighted by atomic mass is 32.1. The van der Waals surface area contributed by atoms with Crippen LogP contribution in [-0.2, 0) is 11.3 Å². The third-order valence-electron chi connectivity index (χ3n) is 3.90. The zero-order valence-corrected chi connectivity index (χ0v) is 14.1. The number of aryl methyl sites for hydroxylation is 1. The monoisotopic (exact) mass is 334 g/mol. The molecule has 0 aromatic carbocycles. The highest BCUT2D eigenvalue weighted by molar-refractivity contribution is 7.09. The second kappa shape index (κ2) is 7.72. The van der Waals surface area contributed by atoms with Crippen LogP contribution in [0, 0.1) is 6.92 Å². The van der Waals surface area contributed by atoms with Crippen LogP contribution in [0.15, 0.2) is 28.1 Å². The van der Waals surface area contributed by atoms with Crippen molar-refractivity contribution in [3.05, 3.63) is 34.2 Å². The Bertz CT molecular complexity index is 626. The van der Waals surface area contributed by atoms with E-state index in [0.29, 0.717) is 18.1 Å². The Balaban J connectivity index is 1.45. The smallest absolute Gasteiger partial charge is 0.239 e. The van der Waals surface area contributed by atoms with Crippen molar-refractivity contribution in [1.82, 2.24) is 15.0 Å². The molecule has 0 bridgehead atoms. The molecule has 0 unspecified atom stereocenters. The van der Waals surface area contributed by atoms with Crippen molar-refractivity contribution in [2.75, 3.05) is 38.0 Å². The standard InChI is InChI=1S/C16H22N4O2S/c1-13-10-15(18-22-13)17-16(21)12-20-6-3-5-19(7-8-20)11-14-4-2-9-23-14/h2,4,9-10H,3,5-8,11-12H2,1H3,(H,17,18,21). The Morgan fingerprint density at radius 2 is 2.17 bits per heavy atom. The molecule has 0 saturated carbocycles. The second-order valence-electron chi connectivity index (χ2n) is 5.86. The molecule has 0 spiro atoms. The fourth-order valence-electron chi connectivity index (χ4n) is 2.77. The Kier molecular flexibility index (Phi) is 5.43. The van der Waals surface area contributed by atoms with Gasteiger partial charge in [-0.15, -0.1) is 11.3 Å². The van der Waals surface area contributed by atoms with Crippen molar-refractivity contribution >= 4 is 23.1 Å². The van der Waals surface area contributed by atoms with Crippen molar-refractivity contribution in [3.8, 4) is 0 Å². The molecule has 1 fully saturated rings. The van der Waals surface area contributed by atoms with E-state index in [2.05, 4.69) is 37.8 Å². The van der Waals surface area contributed by atoms with Gasteiger partial charge in [0, 0.05) is 30.6 Å². The van der Waals surface area contributed by atoms with Gasteiger partial charge in [0.15, 0.2) is 5.82 Å².